The van der Waals surface area contributed by atoms with Gasteiger partial charge in [0.05, 0.1) is 26.0 Å². The topological polar surface area (TPSA) is 43.4 Å². The van der Waals surface area contributed by atoms with Gasteiger partial charge in [0.2, 0.25) is 0 Å². The maximum Gasteiger partial charge on any atom is 0.134 e. The molecule has 1 fully saturated rings. The van der Waals surface area contributed by atoms with E-state index in [1.807, 2.05) is 25.5 Å². The summed E-state index contributed by atoms with van der Waals surface area (Å²) in [7, 11) is 2.05. The van der Waals surface area contributed by atoms with Crippen LogP contribution in [0.3, 0.4) is 0 Å². The van der Waals surface area contributed by atoms with E-state index in [2.05, 4.69) is 32.7 Å². The van der Waals surface area contributed by atoms with Crippen LogP contribution in [0.4, 0.5) is 0 Å². The molecule has 4 rings (SSSR count). The molecule has 3 heterocycles. The summed E-state index contributed by atoms with van der Waals surface area (Å²) < 4.78 is 13.5. The van der Waals surface area contributed by atoms with Crippen LogP contribution in [0.1, 0.15) is 11.4 Å². The molecule has 1 aliphatic rings. The monoisotopic (exact) mass is 325 g/mol. The maximum absolute atomic E-state index is 5.86. The molecule has 0 unspecified atom stereocenters. The third kappa shape index (κ3) is 3.23. The minimum atomic E-state index is 0.480. The number of benzene rings is 1. The van der Waals surface area contributed by atoms with Gasteiger partial charge in [0.15, 0.2) is 0 Å². The fourth-order valence-electron chi connectivity index (χ4n) is 3.51. The molecule has 0 bridgehead atoms. The summed E-state index contributed by atoms with van der Waals surface area (Å²) in [6.45, 7) is 4.46. The van der Waals surface area contributed by atoms with Crippen LogP contribution in [0.25, 0.3) is 11.0 Å². The summed E-state index contributed by atoms with van der Waals surface area (Å²) in [5.41, 5.74) is 2.31. The van der Waals surface area contributed by atoms with Gasteiger partial charge in [0.1, 0.15) is 11.4 Å². The second-order valence-electron chi connectivity index (χ2n) is 6.58. The third-order valence-electron chi connectivity index (χ3n) is 4.80. The van der Waals surface area contributed by atoms with Gasteiger partial charge in [-0.2, -0.15) is 0 Å². The van der Waals surface area contributed by atoms with Crippen molar-refractivity contribution >= 4 is 11.0 Å². The second-order valence-corrected chi connectivity index (χ2v) is 6.58. The Bertz CT molecular complexity index is 808. The maximum atomic E-state index is 5.86. The van der Waals surface area contributed by atoms with Crippen LogP contribution < -0.4 is 0 Å². The molecule has 126 valence electrons. The zero-order valence-corrected chi connectivity index (χ0v) is 14.0. The Morgan fingerprint density at radius 2 is 2.25 bits per heavy atom. The molecule has 5 nitrogen and oxygen atoms in total. The van der Waals surface area contributed by atoms with Gasteiger partial charge in [-0.1, -0.05) is 12.1 Å². The molecule has 0 amide bonds. The molecule has 1 atom stereocenters. The minimum absolute atomic E-state index is 0.480. The van der Waals surface area contributed by atoms with Crippen LogP contribution in [0.5, 0.6) is 0 Å². The average Bonchev–Trinajstić information content (AvgIpc) is 3.15. The van der Waals surface area contributed by atoms with E-state index in [1.165, 1.54) is 10.9 Å². The van der Waals surface area contributed by atoms with E-state index in [9.17, 15) is 0 Å². The Kier molecular flexibility index (Phi) is 4.36. The van der Waals surface area contributed by atoms with Crippen molar-refractivity contribution in [1.29, 1.82) is 0 Å². The highest BCUT2D eigenvalue weighted by Gasteiger charge is 2.21. The first-order chi connectivity index (χ1) is 11.8. The summed E-state index contributed by atoms with van der Waals surface area (Å²) >= 11 is 0. The number of hydrogen-bond acceptors (Lipinski definition) is 4. The smallest absolute Gasteiger partial charge is 0.134 e. The largest absolute Gasteiger partial charge is 0.464 e. The quantitative estimate of drug-likeness (QED) is 0.740. The number of rotatable bonds is 4. The van der Waals surface area contributed by atoms with E-state index in [0.29, 0.717) is 5.92 Å². The van der Waals surface area contributed by atoms with Crippen molar-refractivity contribution in [3.05, 3.63) is 54.3 Å². The molecule has 0 N–H and O–H groups in total. The molecule has 5 heteroatoms. The van der Waals surface area contributed by atoms with Crippen LogP contribution in [0.2, 0.25) is 0 Å². The van der Waals surface area contributed by atoms with E-state index in [0.717, 1.165) is 50.7 Å². The lowest BCUT2D eigenvalue weighted by molar-refractivity contribution is 0.121. The van der Waals surface area contributed by atoms with Gasteiger partial charge in [-0.3, -0.25) is 4.90 Å². The van der Waals surface area contributed by atoms with Crippen molar-refractivity contribution in [3.63, 3.8) is 0 Å². The Balaban J connectivity index is 1.48. The van der Waals surface area contributed by atoms with Crippen LogP contribution in [0.15, 0.2) is 47.3 Å². The zero-order valence-electron chi connectivity index (χ0n) is 14.0. The van der Waals surface area contributed by atoms with Crippen molar-refractivity contribution in [2.45, 2.75) is 13.0 Å². The van der Waals surface area contributed by atoms with Gasteiger partial charge < -0.3 is 13.7 Å². The molecule has 1 aromatic carbocycles. The average molecular weight is 325 g/mol. The number of nitrogens with zero attached hydrogens (tertiary/aromatic N) is 3. The van der Waals surface area contributed by atoms with Crippen LogP contribution in [-0.2, 0) is 24.8 Å². The van der Waals surface area contributed by atoms with E-state index < -0.39 is 0 Å². The van der Waals surface area contributed by atoms with Crippen LogP contribution in [0, 0.1) is 5.92 Å². The molecule has 1 saturated heterocycles. The third-order valence-corrected chi connectivity index (χ3v) is 4.80. The molecular weight excluding hydrogens is 302 g/mol. The summed E-state index contributed by atoms with van der Waals surface area (Å²) in [6, 6.07) is 8.36. The first kappa shape index (κ1) is 15.4. The standard InChI is InChI=1S/C19H23N3O2/c1-21-7-6-20-19(21)13-22-8-10-23-14-15(12-22)11-16-3-2-4-18-17(16)5-9-24-18/h2-7,9,15H,8,10-14H2,1H3/t15-/m0/s1. The number of aryl methyl sites for hydroxylation is 1. The van der Waals surface area contributed by atoms with Gasteiger partial charge in [-0.25, -0.2) is 4.98 Å². The highest BCUT2D eigenvalue weighted by Crippen LogP contribution is 2.23. The fraction of sp³-hybridized carbons (Fsp3) is 0.421. The van der Waals surface area contributed by atoms with Crippen LogP contribution >= 0.6 is 0 Å². The predicted molar refractivity (Wildman–Crippen MR) is 92.7 cm³/mol. The molecule has 1 aliphatic heterocycles. The van der Waals surface area contributed by atoms with Crippen molar-refractivity contribution in [2.75, 3.05) is 26.3 Å². The van der Waals surface area contributed by atoms with E-state index >= 15 is 0 Å². The Labute approximate surface area is 141 Å². The fourth-order valence-corrected chi connectivity index (χ4v) is 3.51. The van der Waals surface area contributed by atoms with Gasteiger partial charge in [-0.05, 0) is 30.0 Å². The number of aromatic nitrogens is 2. The van der Waals surface area contributed by atoms with Crippen LogP contribution in [-0.4, -0.2) is 40.8 Å². The zero-order chi connectivity index (χ0) is 16.4. The van der Waals surface area contributed by atoms with Crippen molar-refractivity contribution in [3.8, 4) is 0 Å². The molecule has 24 heavy (non-hydrogen) atoms. The van der Waals surface area contributed by atoms with E-state index in [1.54, 1.807) is 6.26 Å². The van der Waals surface area contributed by atoms with Gasteiger partial charge in [-0.15, -0.1) is 0 Å². The highest BCUT2D eigenvalue weighted by molar-refractivity contribution is 5.80. The normalized spacial score (nSPS) is 19.6. The first-order valence-corrected chi connectivity index (χ1v) is 8.51. The number of fused-ring (bicyclic) bond motifs is 1. The summed E-state index contributed by atoms with van der Waals surface area (Å²) in [5, 5.41) is 1.22. The molecular formula is C19H23N3O2. The molecule has 2 aromatic heterocycles. The molecule has 0 spiro atoms. The summed E-state index contributed by atoms with van der Waals surface area (Å²) in [4.78, 5) is 6.91. The number of hydrogen-bond donors (Lipinski definition) is 0. The lowest BCUT2D eigenvalue weighted by Crippen LogP contribution is -2.31. The lowest BCUT2D eigenvalue weighted by atomic mass is 9.97. The highest BCUT2D eigenvalue weighted by atomic mass is 16.5. The first-order valence-electron chi connectivity index (χ1n) is 8.51. The Morgan fingerprint density at radius 3 is 3.12 bits per heavy atom. The predicted octanol–water partition coefficient (Wildman–Crippen LogP) is 2.86. The SMILES string of the molecule is Cn1ccnc1CN1CCOC[C@@H](Cc2cccc3occc23)C1. The van der Waals surface area contributed by atoms with Crippen molar-refractivity contribution < 1.29 is 9.15 Å². The van der Waals surface area contributed by atoms with Gasteiger partial charge in [0.25, 0.3) is 0 Å². The summed E-state index contributed by atoms with van der Waals surface area (Å²) in [6.07, 6.45) is 6.64. The van der Waals surface area contributed by atoms with E-state index in [4.69, 9.17) is 9.15 Å². The number of imidazole rings is 1. The molecule has 3 aromatic rings. The van der Waals surface area contributed by atoms with Gasteiger partial charge >= 0.3 is 0 Å². The number of ether oxygens (including phenoxy) is 1. The van der Waals surface area contributed by atoms with Crippen molar-refractivity contribution in [2.24, 2.45) is 13.0 Å². The van der Waals surface area contributed by atoms with Crippen molar-refractivity contribution in [1.82, 2.24) is 14.5 Å². The molecule has 0 saturated carbocycles. The van der Waals surface area contributed by atoms with E-state index in [-0.39, 0.29) is 0 Å². The number of furan rings is 1. The summed E-state index contributed by atoms with van der Waals surface area (Å²) in [5.74, 6) is 1.58. The lowest BCUT2D eigenvalue weighted by Gasteiger charge is -2.23. The molecule has 0 radical (unpaired) electrons. The Hall–Kier alpha value is -2.11. The Morgan fingerprint density at radius 1 is 1.29 bits per heavy atom. The van der Waals surface area contributed by atoms with Gasteiger partial charge in [0, 0.05) is 37.9 Å². The molecule has 0 aliphatic carbocycles. The minimum Gasteiger partial charge on any atom is -0.464 e. The second kappa shape index (κ2) is 6.79.